The molecule has 0 aliphatic rings. The summed E-state index contributed by atoms with van der Waals surface area (Å²) in [4.78, 5) is 27.8. The first-order chi connectivity index (χ1) is 11.5. The maximum absolute atomic E-state index is 11.8. The van der Waals surface area contributed by atoms with Gasteiger partial charge in [-0.15, -0.1) is 0 Å². The van der Waals surface area contributed by atoms with Crippen LogP contribution >= 0.6 is 11.8 Å². The van der Waals surface area contributed by atoms with Crippen LogP contribution in [-0.4, -0.2) is 22.6 Å². The molecule has 1 aromatic heterocycles. The number of nitrogens with one attached hydrogen (secondary N) is 2. The molecule has 0 bridgehead atoms. The van der Waals surface area contributed by atoms with Crippen LogP contribution in [0.4, 0.5) is 0 Å². The summed E-state index contributed by atoms with van der Waals surface area (Å²) in [6, 6.07) is 6.34. The monoisotopic (exact) mass is 345 g/mol. The van der Waals surface area contributed by atoms with Gasteiger partial charge < -0.3 is 0 Å². The van der Waals surface area contributed by atoms with Gasteiger partial charge in [0.25, 0.3) is 0 Å². The van der Waals surface area contributed by atoms with Crippen LogP contribution in [0.15, 0.2) is 23.2 Å². The van der Waals surface area contributed by atoms with Gasteiger partial charge in [-0.3, -0.25) is 20.4 Å². The molecule has 2 amide bonds. The topological polar surface area (TPSA) is 71.1 Å². The second kappa shape index (κ2) is 8.15. The number of aromatic nitrogens is 1. The number of carbonyl (C=O) groups excluding carboxylic acids is 2. The number of carbonyl (C=O) groups is 2. The molecule has 24 heavy (non-hydrogen) atoms. The van der Waals surface area contributed by atoms with Crippen molar-refractivity contribution >= 4 is 34.5 Å². The van der Waals surface area contributed by atoms with Crippen LogP contribution in [0.1, 0.15) is 37.0 Å². The summed E-state index contributed by atoms with van der Waals surface area (Å²) in [5.74, 6) is -0.246. The van der Waals surface area contributed by atoms with E-state index in [1.165, 1.54) is 17.3 Å². The van der Waals surface area contributed by atoms with E-state index in [4.69, 9.17) is 4.98 Å². The number of hydrogen-bond acceptors (Lipinski definition) is 4. The third-order valence-corrected chi connectivity index (χ3v) is 4.86. The summed E-state index contributed by atoms with van der Waals surface area (Å²) in [7, 11) is 0. The highest BCUT2D eigenvalue weighted by Gasteiger charge is 2.12. The number of hydrazine groups is 1. The predicted molar refractivity (Wildman–Crippen MR) is 97.9 cm³/mol. The second-order valence-corrected chi connectivity index (χ2v) is 6.60. The van der Waals surface area contributed by atoms with Crippen molar-refractivity contribution in [2.75, 3.05) is 5.75 Å². The van der Waals surface area contributed by atoms with Crippen molar-refractivity contribution in [1.82, 2.24) is 15.8 Å². The lowest BCUT2D eigenvalue weighted by molar-refractivity contribution is -0.127. The standard InChI is InChI=1S/C18H23N3O2S/c1-5-13-9-14-11(3)7-8-12(4)17(14)19-18(13)24-10-16(23)21-20-15(22)6-2/h7-9H,5-6,10H2,1-4H3,(H,20,22)(H,21,23). The predicted octanol–water partition coefficient (Wildman–Crippen LogP) is 3.06. The first-order valence-corrected chi connectivity index (χ1v) is 9.05. The minimum Gasteiger partial charge on any atom is -0.273 e. The molecule has 2 rings (SSSR count). The molecule has 2 aromatic rings. The van der Waals surface area contributed by atoms with Crippen LogP contribution in [0, 0.1) is 13.8 Å². The Hall–Kier alpha value is -2.08. The number of hydrogen-bond donors (Lipinski definition) is 2. The van der Waals surface area contributed by atoms with E-state index in [-0.39, 0.29) is 17.6 Å². The summed E-state index contributed by atoms with van der Waals surface area (Å²) in [6.07, 6.45) is 1.19. The van der Waals surface area contributed by atoms with Crippen LogP contribution in [0.2, 0.25) is 0 Å². The number of pyridine rings is 1. The molecule has 5 nitrogen and oxygen atoms in total. The first-order valence-electron chi connectivity index (χ1n) is 8.06. The van der Waals surface area contributed by atoms with Gasteiger partial charge in [0.15, 0.2) is 0 Å². The normalized spacial score (nSPS) is 10.7. The molecular weight excluding hydrogens is 322 g/mol. The summed E-state index contributed by atoms with van der Waals surface area (Å²) < 4.78 is 0. The molecular formula is C18H23N3O2S. The van der Waals surface area contributed by atoms with Crippen LogP contribution < -0.4 is 10.9 Å². The molecule has 1 heterocycles. The summed E-state index contributed by atoms with van der Waals surface area (Å²) >= 11 is 1.39. The Morgan fingerprint density at radius 3 is 2.42 bits per heavy atom. The van der Waals surface area contributed by atoms with E-state index in [0.29, 0.717) is 6.42 Å². The fraction of sp³-hybridized carbons (Fsp3) is 0.389. The Bertz CT molecular complexity index is 774. The fourth-order valence-electron chi connectivity index (χ4n) is 2.33. The number of amides is 2. The minimum atomic E-state index is -0.244. The van der Waals surface area contributed by atoms with Crippen LogP contribution in [0.25, 0.3) is 10.9 Å². The van der Waals surface area contributed by atoms with Gasteiger partial charge in [0.05, 0.1) is 11.3 Å². The zero-order chi connectivity index (χ0) is 17.7. The lowest BCUT2D eigenvalue weighted by Crippen LogP contribution is -2.42. The van der Waals surface area contributed by atoms with Gasteiger partial charge in [-0.25, -0.2) is 4.98 Å². The molecule has 0 saturated carbocycles. The Kier molecular flexibility index (Phi) is 6.20. The van der Waals surface area contributed by atoms with Crippen molar-refractivity contribution in [3.05, 3.63) is 34.9 Å². The van der Waals surface area contributed by atoms with Gasteiger partial charge in [0.1, 0.15) is 5.03 Å². The number of fused-ring (bicyclic) bond motifs is 1. The van der Waals surface area contributed by atoms with Crippen LogP contribution in [0.5, 0.6) is 0 Å². The molecule has 0 aliphatic heterocycles. The van der Waals surface area contributed by atoms with Gasteiger partial charge in [-0.2, -0.15) is 0 Å². The SMILES string of the molecule is CCC(=O)NNC(=O)CSc1nc2c(C)ccc(C)c2cc1CC. The molecule has 0 unspecified atom stereocenters. The van der Waals surface area contributed by atoms with Gasteiger partial charge in [0.2, 0.25) is 11.8 Å². The van der Waals surface area contributed by atoms with Crippen molar-refractivity contribution < 1.29 is 9.59 Å². The van der Waals surface area contributed by atoms with E-state index < -0.39 is 0 Å². The Morgan fingerprint density at radius 1 is 1.08 bits per heavy atom. The van der Waals surface area contributed by atoms with E-state index in [1.54, 1.807) is 6.92 Å². The van der Waals surface area contributed by atoms with Gasteiger partial charge in [0, 0.05) is 11.8 Å². The highest BCUT2D eigenvalue weighted by molar-refractivity contribution is 7.99. The van der Waals surface area contributed by atoms with Gasteiger partial charge in [-0.1, -0.05) is 37.7 Å². The molecule has 0 atom stereocenters. The Morgan fingerprint density at radius 2 is 1.75 bits per heavy atom. The number of rotatable bonds is 5. The summed E-state index contributed by atoms with van der Waals surface area (Å²) in [5.41, 5.74) is 9.22. The molecule has 0 fully saturated rings. The van der Waals surface area contributed by atoms with Gasteiger partial charge in [-0.05, 0) is 43.0 Å². The van der Waals surface area contributed by atoms with Crippen molar-refractivity contribution in [2.45, 2.75) is 45.6 Å². The molecule has 0 spiro atoms. The van der Waals surface area contributed by atoms with Crippen molar-refractivity contribution in [3.63, 3.8) is 0 Å². The van der Waals surface area contributed by atoms with E-state index in [0.717, 1.165) is 33.5 Å². The molecule has 0 aliphatic carbocycles. The maximum Gasteiger partial charge on any atom is 0.248 e. The van der Waals surface area contributed by atoms with Crippen molar-refractivity contribution in [2.24, 2.45) is 0 Å². The summed E-state index contributed by atoms with van der Waals surface area (Å²) in [5, 5.41) is 2.03. The molecule has 0 saturated heterocycles. The Labute approximate surface area is 146 Å². The highest BCUT2D eigenvalue weighted by Crippen LogP contribution is 2.28. The average molecular weight is 345 g/mol. The minimum absolute atomic E-state index is 0.209. The molecule has 0 radical (unpaired) electrons. The first kappa shape index (κ1) is 18.3. The average Bonchev–Trinajstić information content (AvgIpc) is 2.60. The zero-order valence-corrected chi connectivity index (χ0v) is 15.3. The van der Waals surface area contributed by atoms with Crippen LogP contribution in [-0.2, 0) is 16.0 Å². The van der Waals surface area contributed by atoms with E-state index in [9.17, 15) is 9.59 Å². The third-order valence-electron chi connectivity index (χ3n) is 3.83. The van der Waals surface area contributed by atoms with Crippen molar-refractivity contribution in [3.8, 4) is 0 Å². The third kappa shape index (κ3) is 4.26. The fourth-order valence-corrected chi connectivity index (χ4v) is 3.22. The lowest BCUT2D eigenvalue weighted by atomic mass is 10.0. The van der Waals surface area contributed by atoms with Gasteiger partial charge >= 0.3 is 0 Å². The number of thioether (sulfide) groups is 1. The Balaban J connectivity index is 2.17. The number of nitrogens with zero attached hydrogens (tertiary/aromatic N) is 1. The number of aryl methyl sites for hydroxylation is 3. The molecule has 2 N–H and O–H groups in total. The molecule has 6 heteroatoms. The zero-order valence-electron chi connectivity index (χ0n) is 14.5. The number of benzene rings is 1. The highest BCUT2D eigenvalue weighted by atomic mass is 32.2. The van der Waals surface area contributed by atoms with Crippen molar-refractivity contribution in [1.29, 1.82) is 0 Å². The molecule has 128 valence electrons. The van der Waals surface area contributed by atoms with Crippen LogP contribution in [0.3, 0.4) is 0 Å². The summed E-state index contributed by atoms with van der Waals surface area (Å²) in [6.45, 7) is 7.94. The maximum atomic E-state index is 11.8. The quantitative estimate of drug-likeness (QED) is 0.645. The van der Waals surface area contributed by atoms with E-state index in [2.05, 4.69) is 42.9 Å². The smallest absolute Gasteiger partial charge is 0.248 e. The van der Waals surface area contributed by atoms with E-state index >= 15 is 0 Å². The van der Waals surface area contributed by atoms with E-state index in [1.807, 2.05) is 6.92 Å². The molecule has 1 aromatic carbocycles. The largest absolute Gasteiger partial charge is 0.273 e. The second-order valence-electron chi connectivity index (χ2n) is 5.64. The lowest BCUT2D eigenvalue weighted by Gasteiger charge is -2.12.